The Balaban J connectivity index is 1.19. The molecule has 2 aromatic heterocycles. The number of esters is 2. The Bertz CT molecular complexity index is 3150. The van der Waals surface area contributed by atoms with Crippen molar-refractivity contribution in [1.29, 1.82) is 0 Å². The van der Waals surface area contributed by atoms with Crippen LogP contribution in [0.2, 0.25) is 0 Å². The number of likely N-dealkylation sites (tertiary alicyclic amines) is 2. The number of aromatic nitrogens is 2. The van der Waals surface area contributed by atoms with Gasteiger partial charge in [-0.1, -0.05) is 60.7 Å². The highest BCUT2D eigenvalue weighted by molar-refractivity contribution is 6.14. The van der Waals surface area contributed by atoms with Crippen LogP contribution in [0.1, 0.15) is 153 Å². The van der Waals surface area contributed by atoms with E-state index in [9.17, 15) is 33.9 Å². The predicted molar refractivity (Wildman–Crippen MR) is 279 cm³/mol. The summed E-state index contributed by atoms with van der Waals surface area (Å²) < 4.78 is 29.6. The molecule has 4 aromatic carbocycles. The van der Waals surface area contributed by atoms with E-state index in [1.807, 2.05) is 69.3 Å². The average molecular weight is 1010 g/mol. The minimum absolute atomic E-state index is 0.129. The van der Waals surface area contributed by atoms with Gasteiger partial charge in [0.05, 0.1) is 60.9 Å². The van der Waals surface area contributed by atoms with Crippen molar-refractivity contribution in [3.05, 3.63) is 118 Å². The van der Waals surface area contributed by atoms with Crippen LogP contribution in [0, 0.1) is 0 Å². The molecule has 2 N–H and O–H groups in total. The fourth-order valence-corrected chi connectivity index (χ4v) is 10.5. The number of H-pyrrole nitrogens is 1. The average Bonchev–Trinajstić information content (AvgIpc) is 4.15. The van der Waals surface area contributed by atoms with E-state index < -0.39 is 65.7 Å². The number of nitrogens with one attached hydrogen (secondary N) is 1. The summed E-state index contributed by atoms with van der Waals surface area (Å²) in [7, 11) is 2.56. The number of hydrogen-bond acceptors (Lipinski definition) is 12. The lowest BCUT2D eigenvalue weighted by Crippen LogP contribution is -2.42. The highest BCUT2D eigenvalue weighted by Gasteiger charge is 2.42. The maximum Gasteiger partial charge on any atom is 0.419 e. The molecule has 16 nitrogen and oxygen atoms in total. The molecule has 6 aromatic rings. The smallest absolute Gasteiger partial charge is 0.419 e. The van der Waals surface area contributed by atoms with E-state index in [0.717, 1.165) is 24.0 Å². The second-order valence-electron chi connectivity index (χ2n) is 22.0. The van der Waals surface area contributed by atoms with Gasteiger partial charge in [0, 0.05) is 40.0 Å². The lowest BCUT2D eigenvalue weighted by atomic mass is 9.93. The minimum atomic E-state index is -0.915. The van der Waals surface area contributed by atoms with Crippen LogP contribution in [0.15, 0.2) is 78.9 Å². The molecule has 0 bridgehead atoms. The molecule has 4 heterocycles. The summed E-state index contributed by atoms with van der Waals surface area (Å²) >= 11 is 0. The van der Waals surface area contributed by atoms with Gasteiger partial charge in [0.1, 0.15) is 16.8 Å². The summed E-state index contributed by atoms with van der Waals surface area (Å²) in [5.41, 5.74) is 3.76. The molecule has 74 heavy (non-hydrogen) atoms. The molecule has 16 heteroatoms. The molecule has 2 fully saturated rings. The largest absolute Gasteiger partial charge is 0.465 e. The summed E-state index contributed by atoms with van der Waals surface area (Å²) in [5, 5.41) is 12.1. The van der Waals surface area contributed by atoms with E-state index in [0.29, 0.717) is 86.7 Å². The van der Waals surface area contributed by atoms with Crippen molar-refractivity contribution in [2.75, 3.05) is 20.8 Å². The van der Waals surface area contributed by atoms with Gasteiger partial charge < -0.3 is 38.7 Å². The van der Waals surface area contributed by atoms with E-state index >= 15 is 0 Å². The van der Waals surface area contributed by atoms with Gasteiger partial charge in [-0.2, -0.15) is 0 Å². The number of carbonyl (C=O) groups excluding carboxylic acids is 6. The topological polar surface area (TPSA) is 196 Å². The summed E-state index contributed by atoms with van der Waals surface area (Å²) in [6.45, 7) is 16.1. The normalized spacial score (nSPS) is 17.2. The van der Waals surface area contributed by atoms with E-state index in [1.165, 1.54) is 18.8 Å². The predicted octanol–water partition coefficient (Wildman–Crippen LogP) is 11.9. The Kier molecular flexibility index (Phi) is 14.6. The standard InChI is InChI=1S/C58H66N4O12/c1-56(2,3)72-53(67)60-29-13-16-43(60)33-19-23-36(24-20-33)50-41(32-64)48-45(62(50)55(69)74-58(7,8)9)27-25-37(46(48)52(66)71-11)30-38-26-28-44(61(38)54(68)73-57(4,5)6)34-17-21-35(22-18-34)49-40(31-63)47-39(51(65)70-10)14-12-15-42(47)59-49/h12,14-15,17-25,27,31,38,43-44,59,64H,13,16,26,28-30,32H2,1-11H3. The Morgan fingerprint density at radius 2 is 1.27 bits per heavy atom. The molecule has 3 unspecified atom stereocenters. The number of methoxy groups -OCH3 is 2. The zero-order valence-corrected chi connectivity index (χ0v) is 44.0. The van der Waals surface area contributed by atoms with Crippen molar-refractivity contribution in [2.24, 2.45) is 0 Å². The van der Waals surface area contributed by atoms with Gasteiger partial charge in [-0.3, -0.25) is 9.69 Å². The van der Waals surface area contributed by atoms with E-state index in [4.69, 9.17) is 23.7 Å². The summed E-state index contributed by atoms with van der Waals surface area (Å²) in [5.74, 6) is -1.27. The first-order valence-corrected chi connectivity index (χ1v) is 25.0. The second kappa shape index (κ2) is 20.5. The maximum atomic E-state index is 14.4. The highest BCUT2D eigenvalue weighted by atomic mass is 16.6. The molecule has 0 saturated carbocycles. The zero-order valence-electron chi connectivity index (χ0n) is 44.0. The number of ether oxygens (including phenoxy) is 5. The van der Waals surface area contributed by atoms with Crippen molar-refractivity contribution >= 4 is 58.3 Å². The molecule has 2 aliphatic heterocycles. The SMILES string of the molecule is COC(=O)c1cccc2[nH]c(-c3ccc(C4CCC(Cc5ccc6c(c(CO)c(-c7ccc(C8CCCN8C(=O)OC(C)(C)C)cc7)n6C(=O)OC(C)(C)C)c5C(=O)OC)N4C(=O)OC(C)(C)C)cc3)c(C=O)c12. The lowest BCUT2D eigenvalue weighted by Gasteiger charge is -2.33. The van der Waals surface area contributed by atoms with Gasteiger partial charge in [-0.15, -0.1) is 0 Å². The number of aromatic amines is 1. The third-order valence-corrected chi connectivity index (χ3v) is 13.4. The lowest BCUT2D eigenvalue weighted by molar-refractivity contribution is 0.0142. The molecule has 3 atom stereocenters. The first kappa shape index (κ1) is 52.9. The molecule has 8 rings (SSSR count). The van der Waals surface area contributed by atoms with Crippen molar-refractivity contribution in [3.8, 4) is 22.5 Å². The van der Waals surface area contributed by atoms with Crippen LogP contribution < -0.4 is 0 Å². The first-order chi connectivity index (χ1) is 35.0. The van der Waals surface area contributed by atoms with Gasteiger partial charge in [0.15, 0.2) is 6.29 Å². The molecule has 2 amide bonds. The van der Waals surface area contributed by atoms with Crippen molar-refractivity contribution in [1.82, 2.24) is 19.4 Å². The molecule has 2 aliphatic rings. The monoisotopic (exact) mass is 1010 g/mol. The first-order valence-electron chi connectivity index (χ1n) is 25.0. The third-order valence-electron chi connectivity index (χ3n) is 13.4. The van der Waals surface area contributed by atoms with Crippen LogP contribution in [0.25, 0.3) is 44.3 Å². The van der Waals surface area contributed by atoms with E-state index in [2.05, 4.69) is 4.98 Å². The number of amides is 2. The molecule has 0 aliphatic carbocycles. The fraction of sp³-hybridized carbons (Fsp3) is 0.414. The van der Waals surface area contributed by atoms with Crippen LogP contribution in [-0.2, 0) is 36.7 Å². The van der Waals surface area contributed by atoms with Gasteiger partial charge in [-0.25, -0.2) is 28.5 Å². The molecular weight excluding hydrogens is 945 g/mol. The maximum absolute atomic E-state index is 14.4. The number of aliphatic hydroxyl groups excluding tert-OH is 1. The number of nitrogens with zero attached hydrogens (tertiary/aromatic N) is 3. The molecule has 0 radical (unpaired) electrons. The second-order valence-corrected chi connectivity index (χ2v) is 22.0. The number of aliphatic hydroxyl groups is 1. The summed E-state index contributed by atoms with van der Waals surface area (Å²) in [6.07, 6.45) is 1.83. The van der Waals surface area contributed by atoms with Crippen molar-refractivity contribution in [3.63, 3.8) is 0 Å². The summed E-state index contributed by atoms with van der Waals surface area (Å²) in [4.78, 5) is 88.4. The van der Waals surface area contributed by atoms with Crippen LogP contribution in [-0.4, -0.2) is 105 Å². The van der Waals surface area contributed by atoms with Crippen LogP contribution in [0.5, 0.6) is 0 Å². The van der Waals surface area contributed by atoms with Gasteiger partial charge >= 0.3 is 30.2 Å². The van der Waals surface area contributed by atoms with E-state index in [-0.39, 0.29) is 23.6 Å². The number of carbonyl (C=O) groups is 6. The van der Waals surface area contributed by atoms with Crippen LogP contribution >= 0.6 is 0 Å². The molecular formula is C58H66N4O12. The quantitative estimate of drug-likeness (QED) is 0.0749. The van der Waals surface area contributed by atoms with Gasteiger partial charge in [-0.05, 0) is 140 Å². The number of benzene rings is 4. The minimum Gasteiger partial charge on any atom is -0.465 e. The van der Waals surface area contributed by atoms with Crippen LogP contribution in [0.3, 0.4) is 0 Å². The summed E-state index contributed by atoms with van der Waals surface area (Å²) in [6, 6.07) is 22.4. The molecule has 0 spiro atoms. The number of hydrogen-bond donors (Lipinski definition) is 2. The van der Waals surface area contributed by atoms with E-state index in [1.54, 1.807) is 81.7 Å². The fourth-order valence-electron chi connectivity index (χ4n) is 10.5. The van der Waals surface area contributed by atoms with Crippen molar-refractivity contribution in [2.45, 2.75) is 136 Å². The highest BCUT2D eigenvalue weighted by Crippen LogP contribution is 2.44. The number of rotatable bonds is 10. The van der Waals surface area contributed by atoms with Gasteiger partial charge in [0.2, 0.25) is 0 Å². The Morgan fingerprint density at radius 3 is 1.86 bits per heavy atom. The van der Waals surface area contributed by atoms with Gasteiger partial charge in [0.25, 0.3) is 0 Å². The third kappa shape index (κ3) is 10.5. The number of fused-ring (bicyclic) bond motifs is 2. The molecule has 390 valence electrons. The Morgan fingerprint density at radius 1 is 0.676 bits per heavy atom. The molecule has 2 saturated heterocycles. The van der Waals surface area contributed by atoms with Crippen molar-refractivity contribution < 1.29 is 57.6 Å². The van der Waals surface area contributed by atoms with Crippen LogP contribution in [0.4, 0.5) is 14.4 Å². The zero-order chi connectivity index (χ0) is 53.6. The Hall–Kier alpha value is -7.46. The Labute approximate surface area is 430 Å². The number of aldehydes is 1.